The maximum atomic E-state index is 13.2. The van der Waals surface area contributed by atoms with Gasteiger partial charge in [-0.3, -0.25) is 9.59 Å². The van der Waals surface area contributed by atoms with E-state index in [1.807, 2.05) is 20.8 Å². The van der Waals surface area contributed by atoms with E-state index in [1.54, 1.807) is 38.5 Å². The van der Waals surface area contributed by atoms with Gasteiger partial charge in [-0.2, -0.15) is 0 Å². The Morgan fingerprint density at radius 3 is 2.75 bits per heavy atom. The number of hydrogen-bond donors (Lipinski definition) is 0. The first-order valence-electron chi connectivity index (χ1n) is 11.4. The van der Waals surface area contributed by atoms with Gasteiger partial charge in [-0.05, 0) is 52.5 Å². The van der Waals surface area contributed by atoms with Crippen LogP contribution < -0.4 is 0 Å². The summed E-state index contributed by atoms with van der Waals surface area (Å²) in [5, 5.41) is 0. The fourth-order valence-electron chi connectivity index (χ4n) is 5.32. The van der Waals surface area contributed by atoms with Crippen LogP contribution in [0, 0.1) is 17.3 Å². The first-order chi connectivity index (χ1) is 15.1. The van der Waals surface area contributed by atoms with E-state index in [0.717, 1.165) is 5.56 Å². The highest BCUT2D eigenvalue weighted by atomic mass is 16.6. The fraction of sp³-hybridized carbons (Fsp3) is 0.640. The molecule has 0 aromatic carbocycles. The second-order valence-electron chi connectivity index (χ2n) is 9.78. The minimum absolute atomic E-state index is 0.00793. The van der Waals surface area contributed by atoms with E-state index < -0.39 is 23.1 Å². The molecule has 7 heteroatoms. The molecule has 0 radical (unpaired) electrons. The molecule has 7 nitrogen and oxygen atoms in total. The molecule has 1 aromatic heterocycles. The molecule has 2 aliphatic heterocycles. The number of epoxide rings is 1. The van der Waals surface area contributed by atoms with Crippen molar-refractivity contribution in [1.82, 2.24) is 0 Å². The maximum Gasteiger partial charge on any atom is 0.333 e. The van der Waals surface area contributed by atoms with E-state index in [1.165, 1.54) is 0 Å². The summed E-state index contributed by atoms with van der Waals surface area (Å²) >= 11 is 0. The molecule has 0 spiro atoms. The predicted molar refractivity (Wildman–Crippen MR) is 114 cm³/mol. The van der Waals surface area contributed by atoms with Gasteiger partial charge in [-0.15, -0.1) is 0 Å². The molecule has 1 aromatic rings. The molecule has 3 fully saturated rings. The summed E-state index contributed by atoms with van der Waals surface area (Å²) in [5.74, 6) is -1.19. The van der Waals surface area contributed by atoms with Crippen LogP contribution in [0.1, 0.15) is 72.0 Å². The van der Waals surface area contributed by atoms with Gasteiger partial charge in [0, 0.05) is 24.0 Å². The number of carbonyl (C=O) groups is 3. The SMILES string of the molecule is C/C=C(\C)C(=O)OC(CC(C)C1CC(c2ccoc2)OC1=O)C1(C)C(=O)CCC2OC21C. The van der Waals surface area contributed by atoms with Crippen molar-refractivity contribution in [3.05, 3.63) is 35.8 Å². The molecule has 1 aliphatic carbocycles. The summed E-state index contributed by atoms with van der Waals surface area (Å²) in [5.41, 5.74) is -0.323. The van der Waals surface area contributed by atoms with Crippen molar-refractivity contribution in [2.75, 3.05) is 0 Å². The number of furan rings is 1. The smallest absolute Gasteiger partial charge is 0.333 e. The van der Waals surface area contributed by atoms with Crippen LogP contribution >= 0.6 is 0 Å². The van der Waals surface area contributed by atoms with Gasteiger partial charge in [0.15, 0.2) is 0 Å². The Kier molecular flexibility index (Phi) is 5.82. The number of hydrogen-bond acceptors (Lipinski definition) is 7. The molecule has 2 saturated heterocycles. The number of rotatable bonds is 7. The molecule has 32 heavy (non-hydrogen) atoms. The van der Waals surface area contributed by atoms with E-state index in [4.69, 9.17) is 18.6 Å². The topological polar surface area (TPSA) is 95.3 Å². The van der Waals surface area contributed by atoms with Crippen molar-refractivity contribution in [2.45, 2.75) is 84.2 Å². The van der Waals surface area contributed by atoms with E-state index in [0.29, 0.717) is 31.3 Å². The highest BCUT2D eigenvalue weighted by Gasteiger charge is 2.72. The predicted octanol–water partition coefficient (Wildman–Crippen LogP) is 4.31. The van der Waals surface area contributed by atoms with Crippen molar-refractivity contribution < 1.29 is 33.0 Å². The molecule has 0 bridgehead atoms. The molecule has 0 N–H and O–H groups in total. The van der Waals surface area contributed by atoms with Crippen molar-refractivity contribution >= 4 is 17.7 Å². The van der Waals surface area contributed by atoms with Crippen molar-refractivity contribution in [3.63, 3.8) is 0 Å². The lowest BCUT2D eigenvalue weighted by Gasteiger charge is -2.42. The van der Waals surface area contributed by atoms with Crippen LogP contribution in [-0.2, 0) is 28.6 Å². The molecule has 0 amide bonds. The third-order valence-corrected chi connectivity index (χ3v) is 8.05. The average molecular weight is 445 g/mol. The van der Waals surface area contributed by atoms with Crippen LogP contribution in [0.5, 0.6) is 0 Å². The largest absolute Gasteiger partial charge is 0.472 e. The molecular formula is C25H32O7. The molecule has 4 rings (SSSR count). The molecule has 7 atom stereocenters. The summed E-state index contributed by atoms with van der Waals surface area (Å²) in [6, 6.07) is 1.79. The zero-order chi connectivity index (χ0) is 23.3. The molecule has 1 saturated carbocycles. The van der Waals surface area contributed by atoms with Crippen molar-refractivity contribution in [1.29, 1.82) is 0 Å². The Bertz CT molecular complexity index is 932. The van der Waals surface area contributed by atoms with Crippen LogP contribution in [0.4, 0.5) is 0 Å². The second-order valence-corrected chi connectivity index (χ2v) is 9.78. The zero-order valence-corrected chi connectivity index (χ0v) is 19.4. The summed E-state index contributed by atoms with van der Waals surface area (Å²) in [7, 11) is 0. The molecule has 7 unspecified atom stereocenters. The molecule has 3 aliphatic rings. The Morgan fingerprint density at radius 2 is 2.09 bits per heavy atom. The van der Waals surface area contributed by atoms with Crippen LogP contribution in [0.25, 0.3) is 0 Å². The van der Waals surface area contributed by atoms with Gasteiger partial charge in [-0.25, -0.2) is 4.79 Å². The third-order valence-electron chi connectivity index (χ3n) is 8.05. The lowest BCUT2D eigenvalue weighted by molar-refractivity contribution is -0.163. The van der Waals surface area contributed by atoms with Crippen LogP contribution in [0.2, 0.25) is 0 Å². The molecule has 3 heterocycles. The zero-order valence-electron chi connectivity index (χ0n) is 19.4. The Balaban J connectivity index is 1.57. The average Bonchev–Trinajstić information content (AvgIpc) is 3.12. The van der Waals surface area contributed by atoms with Crippen LogP contribution in [0.3, 0.4) is 0 Å². The van der Waals surface area contributed by atoms with E-state index in [9.17, 15) is 14.4 Å². The van der Waals surface area contributed by atoms with Crippen LogP contribution in [0.15, 0.2) is 34.7 Å². The van der Waals surface area contributed by atoms with Crippen molar-refractivity contribution in [3.8, 4) is 0 Å². The summed E-state index contributed by atoms with van der Waals surface area (Å²) in [6.45, 7) is 9.20. The van der Waals surface area contributed by atoms with Gasteiger partial charge in [0.1, 0.15) is 23.6 Å². The lowest BCUT2D eigenvalue weighted by atomic mass is 9.62. The van der Waals surface area contributed by atoms with Gasteiger partial charge < -0.3 is 18.6 Å². The lowest BCUT2D eigenvalue weighted by Crippen LogP contribution is -2.55. The highest BCUT2D eigenvalue weighted by molar-refractivity contribution is 5.91. The van der Waals surface area contributed by atoms with E-state index in [-0.39, 0.29) is 35.8 Å². The Labute approximate surface area is 188 Å². The fourth-order valence-corrected chi connectivity index (χ4v) is 5.32. The summed E-state index contributed by atoms with van der Waals surface area (Å²) in [6.07, 6.45) is 5.76. The van der Waals surface area contributed by atoms with Gasteiger partial charge in [0.05, 0.1) is 30.0 Å². The van der Waals surface area contributed by atoms with Crippen molar-refractivity contribution in [2.24, 2.45) is 17.3 Å². The standard InChI is InChI=1S/C25H32O7/c1-6-14(2)22(27)31-21(24(4)19(26)7-8-20-25(24,5)32-20)11-15(3)17-12-18(30-23(17)28)16-9-10-29-13-16/h6,9-10,13,15,17-18,20-21H,7-8,11-12H2,1-5H3/b14-6+. The first-order valence-corrected chi connectivity index (χ1v) is 11.4. The maximum absolute atomic E-state index is 13.2. The van der Waals surface area contributed by atoms with Gasteiger partial charge in [0.2, 0.25) is 0 Å². The van der Waals surface area contributed by atoms with Crippen LogP contribution in [-0.4, -0.2) is 35.5 Å². The van der Waals surface area contributed by atoms with Gasteiger partial charge in [-0.1, -0.05) is 13.0 Å². The second kappa shape index (κ2) is 8.18. The van der Waals surface area contributed by atoms with E-state index >= 15 is 0 Å². The number of esters is 2. The highest BCUT2D eigenvalue weighted by Crippen LogP contribution is 2.59. The Hall–Kier alpha value is -2.41. The monoisotopic (exact) mass is 444 g/mol. The van der Waals surface area contributed by atoms with E-state index in [2.05, 4.69) is 0 Å². The number of cyclic esters (lactones) is 1. The Morgan fingerprint density at radius 1 is 1.34 bits per heavy atom. The minimum Gasteiger partial charge on any atom is -0.472 e. The number of ketones is 1. The number of carbonyl (C=O) groups excluding carboxylic acids is 3. The minimum atomic E-state index is -0.972. The quantitative estimate of drug-likeness (QED) is 0.351. The molecular weight excluding hydrogens is 412 g/mol. The third kappa shape index (κ3) is 3.60. The number of allylic oxidation sites excluding steroid dienone is 1. The molecule has 174 valence electrons. The normalized spacial score (nSPS) is 36.3. The van der Waals surface area contributed by atoms with Gasteiger partial charge in [0.25, 0.3) is 0 Å². The summed E-state index contributed by atoms with van der Waals surface area (Å²) < 4.78 is 22.7. The first kappa shape index (κ1) is 22.8. The summed E-state index contributed by atoms with van der Waals surface area (Å²) in [4.78, 5) is 38.6. The number of fused-ring (bicyclic) bond motifs is 1. The van der Waals surface area contributed by atoms with Gasteiger partial charge >= 0.3 is 11.9 Å². The number of Topliss-reactive ketones (excluding diaryl/α,β-unsaturated/α-hetero) is 1. The number of ether oxygens (including phenoxy) is 3.